The van der Waals surface area contributed by atoms with Crippen LogP contribution in [0.25, 0.3) is 11.3 Å². The number of nitrogens with one attached hydrogen (secondary N) is 1. The van der Waals surface area contributed by atoms with E-state index in [0.29, 0.717) is 0 Å². The Morgan fingerprint density at radius 3 is 2.09 bits per heavy atom. The monoisotopic (exact) mass is 470 g/mol. The minimum absolute atomic E-state index is 0.0194. The van der Waals surface area contributed by atoms with Crippen molar-refractivity contribution < 1.29 is 4.39 Å². The lowest BCUT2D eigenvalue weighted by molar-refractivity contribution is 0.639. The lowest BCUT2D eigenvalue weighted by Crippen LogP contribution is -2.46. The van der Waals surface area contributed by atoms with Crippen molar-refractivity contribution in [2.75, 3.05) is 36.0 Å². The quantitative estimate of drug-likeness (QED) is 0.379. The first-order valence-corrected chi connectivity index (χ1v) is 12.8. The Hall–Kier alpha value is -3.34. The number of benzene rings is 2. The molecule has 0 atom stereocenters. The molecule has 2 aliphatic rings. The number of piperazine rings is 1. The SMILES string of the molecule is CC/C(=C\C=C(/C)F)C1(c2[nH]nc(-c3ccc(N4CCN(c5ccccc5)CC4)cc3)c2C)CC1. The summed E-state index contributed by atoms with van der Waals surface area (Å²) in [4.78, 5) is 4.92. The van der Waals surface area contributed by atoms with Crippen molar-refractivity contribution in [3.05, 3.63) is 89.4 Å². The van der Waals surface area contributed by atoms with Crippen LogP contribution < -0.4 is 9.80 Å². The maximum Gasteiger partial charge on any atom is 0.0968 e. The van der Waals surface area contributed by atoms with Crippen LogP contribution >= 0.6 is 0 Å². The average molecular weight is 471 g/mol. The van der Waals surface area contributed by atoms with Crippen molar-refractivity contribution >= 4 is 11.4 Å². The van der Waals surface area contributed by atoms with Crippen LogP contribution in [0.1, 0.15) is 44.4 Å². The third-order valence-corrected chi connectivity index (χ3v) is 7.65. The topological polar surface area (TPSA) is 35.2 Å². The molecule has 1 N–H and O–H groups in total. The molecule has 1 saturated carbocycles. The summed E-state index contributed by atoms with van der Waals surface area (Å²) >= 11 is 0. The second-order valence-corrected chi connectivity index (χ2v) is 9.81. The number of halogens is 1. The van der Waals surface area contributed by atoms with Crippen molar-refractivity contribution in [2.24, 2.45) is 0 Å². The van der Waals surface area contributed by atoms with E-state index >= 15 is 0 Å². The summed E-state index contributed by atoms with van der Waals surface area (Å²) in [7, 11) is 0. The van der Waals surface area contributed by atoms with Crippen molar-refractivity contribution in [1.29, 1.82) is 0 Å². The van der Waals surface area contributed by atoms with Gasteiger partial charge in [0.25, 0.3) is 0 Å². The number of hydrogen-bond donors (Lipinski definition) is 1. The Morgan fingerprint density at radius 1 is 0.943 bits per heavy atom. The van der Waals surface area contributed by atoms with Gasteiger partial charge in [-0.25, -0.2) is 4.39 Å². The summed E-state index contributed by atoms with van der Waals surface area (Å²) in [6.45, 7) is 9.89. The van der Waals surface area contributed by atoms with Crippen LogP contribution in [0.3, 0.4) is 0 Å². The van der Waals surface area contributed by atoms with Gasteiger partial charge >= 0.3 is 0 Å². The van der Waals surface area contributed by atoms with E-state index in [0.717, 1.165) is 56.7 Å². The summed E-state index contributed by atoms with van der Waals surface area (Å²) in [6.07, 6.45) is 6.63. The van der Waals surface area contributed by atoms with Crippen LogP contribution in [0.2, 0.25) is 0 Å². The number of hydrogen-bond acceptors (Lipinski definition) is 3. The summed E-state index contributed by atoms with van der Waals surface area (Å²) < 4.78 is 13.4. The van der Waals surface area contributed by atoms with Gasteiger partial charge in [0.2, 0.25) is 0 Å². The predicted molar refractivity (Wildman–Crippen MR) is 144 cm³/mol. The first-order chi connectivity index (χ1) is 17.0. The number of para-hydroxylation sites is 1. The Kier molecular flexibility index (Phi) is 6.50. The fourth-order valence-corrected chi connectivity index (χ4v) is 5.52. The Balaban J connectivity index is 1.30. The molecule has 1 aliphatic heterocycles. The molecule has 1 aromatic heterocycles. The van der Waals surface area contributed by atoms with Gasteiger partial charge in [-0.2, -0.15) is 5.10 Å². The van der Waals surface area contributed by atoms with Crippen LogP contribution in [-0.2, 0) is 5.41 Å². The predicted octanol–water partition coefficient (Wildman–Crippen LogP) is 6.95. The van der Waals surface area contributed by atoms with Gasteiger partial charge in [-0.15, -0.1) is 0 Å². The van der Waals surface area contributed by atoms with Crippen molar-refractivity contribution in [3.8, 4) is 11.3 Å². The first-order valence-electron chi connectivity index (χ1n) is 12.8. The van der Waals surface area contributed by atoms with Gasteiger partial charge in [-0.1, -0.05) is 48.9 Å². The fraction of sp³-hybridized carbons (Fsp3) is 0.367. The molecule has 35 heavy (non-hydrogen) atoms. The fourth-order valence-electron chi connectivity index (χ4n) is 5.52. The third kappa shape index (κ3) is 4.64. The number of rotatable bonds is 7. The van der Waals surface area contributed by atoms with E-state index in [4.69, 9.17) is 5.10 Å². The van der Waals surface area contributed by atoms with Gasteiger partial charge in [0.05, 0.1) is 11.5 Å². The zero-order valence-electron chi connectivity index (χ0n) is 21.0. The molecule has 5 heteroatoms. The summed E-state index contributed by atoms with van der Waals surface area (Å²) in [5, 5.41) is 8.08. The molecule has 5 rings (SSSR count). The molecular formula is C30H35FN4. The molecule has 182 valence electrons. The molecule has 0 bridgehead atoms. The van der Waals surface area contributed by atoms with Gasteiger partial charge < -0.3 is 9.80 Å². The van der Waals surface area contributed by atoms with E-state index in [-0.39, 0.29) is 11.2 Å². The van der Waals surface area contributed by atoms with Gasteiger partial charge in [0, 0.05) is 54.2 Å². The van der Waals surface area contributed by atoms with E-state index < -0.39 is 0 Å². The van der Waals surface area contributed by atoms with E-state index in [2.05, 4.69) is 83.3 Å². The zero-order valence-corrected chi connectivity index (χ0v) is 21.0. The lowest BCUT2D eigenvalue weighted by Gasteiger charge is -2.37. The van der Waals surface area contributed by atoms with Crippen LogP contribution in [0.4, 0.5) is 15.8 Å². The number of H-pyrrole nitrogens is 1. The molecule has 0 unspecified atom stereocenters. The molecule has 0 radical (unpaired) electrons. The lowest BCUT2D eigenvalue weighted by atomic mass is 9.87. The second-order valence-electron chi connectivity index (χ2n) is 9.81. The zero-order chi connectivity index (χ0) is 24.4. The molecular weight excluding hydrogens is 435 g/mol. The summed E-state index contributed by atoms with van der Waals surface area (Å²) in [5.74, 6) is -0.157. The van der Waals surface area contributed by atoms with Crippen molar-refractivity contribution in [2.45, 2.75) is 45.4 Å². The Morgan fingerprint density at radius 2 is 1.54 bits per heavy atom. The molecule has 0 spiro atoms. The highest BCUT2D eigenvalue weighted by atomic mass is 19.1. The van der Waals surface area contributed by atoms with Crippen molar-refractivity contribution in [3.63, 3.8) is 0 Å². The van der Waals surface area contributed by atoms with E-state index in [1.54, 1.807) is 6.08 Å². The minimum atomic E-state index is -0.157. The minimum Gasteiger partial charge on any atom is -0.368 e. The highest BCUT2D eigenvalue weighted by molar-refractivity contribution is 5.68. The maximum absolute atomic E-state index is 13.4. The number of nitrogens with zero attached hydrogens (tertiary/aromatic N) is 3. The summed E-state index contributed by atoms with van der Waals surface area (Å²) in [6, 6.07) is 19.5. The molecule has 0 amide bonds. The second kappa shape index (κ2) is 9.73. The first kappa shape index (κ1) is 23.4. The maximum atomic E-state index is 13.4. The van der Waals surface area contributed by atoms with Gasteiger partial charge in [-0.3, -0.25) is 5.10 Å². The number of allylic oxidation sites excluding steroid dienone is 4. The Bertz CT molecular complexity index is 1210. The van der Waals surface area contributed by atoms with Gasteiger partial charge in [-0.05, 0) is 69.0 Å². The average Bonchev–Trinajstić information content (AvgIpc) is 3.59. The van der Waals surface area contributed by atoms with Crippen molar-refractivity contribution in [1.82, 2.24) is 10.2 Å². The van der Waals surface area contributed by atoms with Gasteiger partial charge in [0.15, 0.2) is 0 Å². The number of aromatic amines is 1. The summed E-state index contributed by atoms with van der Waals surface area (Å²) in [5.41, 5.74) is 8.36. The molecule has 2 heterocycles. The molecule has 3 aromatic rings. The molecule has 4 nitrogen and oxygen atoms in total. The molecule has 1 aliphatic carbocycles. The highest BCUT2D eigenvalue weighted by Crippen LogP contribution is 2.55. The molecule has 2 fully saturated rings. The molecule has 1 saturated heterocycles. The molecule has 2 aromatic carbocycles. The van der Waals surface area contributed by atoms with E-state index in [1.807, 2.05) is 6.08 Å². The van der Waals surface area contributed by atoms with Gasteiger partial charge in [0.1, 0.15) is 0 Å². The largest absolute Gasteiger partial charge is 0.368 e. The number of anilines is 2. The Labute approximate surface area is 208 Å². The van der Waals surface area contributed by atoms with E-state index in [9.17, 15) is 4.39 Å². The third-order valence-electron chi connectivity index (χ3n) is 7.65. The van der Waals surface area contributed by atoms with Crippen LogP contribution in [0.15, 0.2) is 78.1 Å². The highest BCUT2D eigenvalue weighted by Gasteiger charge is 2.49. The smallest absolute Gasteiger partial charge is 0.0968 e. The van der Waals surface area contributed by atoms with Crippen LogP contribution in [-0.4, -0.2) is 36.4 Å². The van der Waals surface area contributed by atoms with Crippen LogP contribution in [0.5, 0.6) is 0 Å². The normalized spacial score (nSPS) is 18.2. The number of aromatic nitrogens is 2. The van der Waals surface area contributed by atoms with E-state index in [1.165, 1.54) is 35.1 Å². The van der Waals surface area contributed by atoms with Crippen LogP contribution in [0, 0.1) is 6.92 Å². The standard InChI is InChI=1S/C30H35FN4/c1-4-25(13-10-22(2)31)30(16-17-30)29-23(3)28(32-33-29)24-11-14-27(15-12-24)35-20-18-34(19-21-35)26-8-6-5-7-9-26/h5-15H,4,16-21H2,1-3H3,(H,32,33)/b22-10+,25-13+.